The molecular formula is C18H29N3. The lowest BCUT2D eigenvalue weighted by molar-refractivity contribution is 0.187. The number of nitrogens with zero attached hydrogens (tertiary/aromatic N) is 2. The zero-order chi connectivity index (χ0) is 14.7. The standard InChI is InChI=1S/C18H29N3/c1-2-18(19)15-7-9-17(10-8-15)21-13-11-20(12-14-21)16-5-3-4-6-16/h7-10,16,18H,2-6,11-14,19H2,1H3. The van der Waals surface area contributed by atoms with Gasteiger partial charge in [-0.2, -0.15) is 0 Å². The maximum absolute atomic E-state index is 6.09. The van der Waals surface area contributed by atoms with E-state index in [0.29, 0.717) is 0 Å². The predicted molar refractivity (Wildman–Crippen MR) is 89.7 cm³/mol. The van der Waals surface area contributed by atoms with Crippen molar-refractivity contribution in [3.8, 4) is 0 Å². The summed E-state index contributed by atoms with van der Waals surface area (Å²) in [5.74, 6) is 0. The minimum Gasteiger partial charge on any atom is -0.369 e. The molecule has 0 bridgehead atoms. The second kappa shape index (κ2) is 6.80. The summed E-state index contributed by atoms with van der Waals surface area (Å²) < 4.78 is 0. The number of anilines is 1. The van der Waals surface area contributed by atoms with E-state index in [1.807, 2.05) is 0 Å². The van der Waals surface area contributed by atoms with Crippen molar-refractivity contribution in [2.24, 2.45) is 5.73 Å². The molecule has 0 amide bonds. The molecule has 1 aromatic rings. The van der Waals surface area contributed by atoms with Crippen molar-refractivity contribution < 1.29 is 0 Å². The van der Waals surface area contributed by atoms with Gasteiger partial charge in [0.25, 0.3) is 0 Å². The first-order valence-electron chi connectivity index (χ1n) is 8.62. The third-order valence-electron chi connectivity index (χ3n) is 5.28. The zero-order valence-corrected chi connectivity index (χ0v) is 13.3. The molecule has 1 aliphatic heterocycles. The monoisotopic (exact) mass is 287 g/mol. The van der Waals surface area contributed by atoms with E-state index < -0.39 is 0 Å². The van der Waals surface area contributed by atoms with Gasteiger partial charge in [-0.1, -0.05) is 31.9 Å². The Kier molecular flexibility index (Phi) is 4.81. The minimum atomic E-state index is 0.179. The fourth-order valence-corrected chi connectivity index (χ4v) is 3.78. The third kappa shape index (κ3) is 3.41. The first-order chi connectivity index (χ1) is 10.3. The molecule has 0 radical (unpaired) electrons. The van der Waals surface area contributed by atoms with Crippen LogP contribution in [0.3, 0.4) is 0 Å². The molecule has 0 spiro atoms. The Bertz CT molecular complexity index is 428. The van der Waals surface area contributed by atoms with Crippen LogP contribution in [0.1, 0.15) is 50.6 Å². The lowest BCUT2D eigenvalue weighted by atomic mass is 10.0. The second-order valence-electron chi connectivity index (χ2n) is 6.57. The molecule has 0 aromatic heterocycles. The van der Waals surface area contributed by atoms with Crippen LogP contribution in [0, 0.1) is 0 Å². The van der Waals surface area contributed by atoms with E-state index in [1.165, 1.54) is 50.0 Å². The van der Waals surface area contributed by atoms with Gasteiger partial charge in [0.1, 0.15) is 0 Å². The fraction of sp³-hybridized carbons (Fsp3) is 0.667. The smallest absolute Gasteiger partial charge is 0.0367 e. The van der Waals surface area contributed by atoms with E-state index in [0.717, 1.165) is 25.6 Å². The molecule has 2 fully saturated rings. The molecule has 3 heteroatoms. The van der Waals surface area contributed by atoms with Gasteiger partial charge in [-0.15, -0.1) is 0 Å². The van der Waals surface area contributed by atoms with Crippen LogP contribution in [-0.2, 0) is 0 Å². The number of nitrogens with two attached hydrogens (primary N) is 1. The van der Waals surface area contributed by atoms with E-state index in [1.54, 1.807) is 0 Å². The van der Waals surface area contributed by atoms with Gasteiger partial charge in [-0.3, -0.25) is 4.90 Å². The van der Waals surface area contributed by atoms with Crippen LogP contribution in [0.5, 0.6) is 0 Å². The molecule has 1 unspecified atom stereocenters. The molecular weight excluding hydrogens is 258 g/mol. The highest BCUT2D eigenvalue weighted by atomic mass is 15.3. The average Bonchev–Trinajstić information content (AvgIpc) is 3.09. The van der Waals surface area contributed by atoms with Gasteiger partial charge in [-0.05, 0) is 37.0 Å². The van der Waals surface area contributed by atoms with Crippen molar-refractivity contribution in [2.45, 2.75) is 51.1 Å². The molecule has 1 heterocycles. The zero-order valence-electron chi connectivity index (χ0n) is 13.3. The van der Waals surface area contributed by atoms with E-state index in [-0.39, 0.29) is 6.04 Å². The molecule has 21 heavy (non-hydrogen) atoms. The SMILES string of the molecule is CCC(N)c1ccc(N2CCN(C3CCCC3)CC2)cc1. The first-order valence-corrected chi connectivity index (χ1v) is 8.62. The Morgan fingerprint density at radius 2 is 1.67 bits per heavy atom. The number of hydrogen-bond donors (Lipinski definition) is 1. The first kappa shape index (κ1) is 14.9. The lowest BCUT2D eigenvalue weighted by Crippen LogP contribution is -2.49. The van der Waals surface area contributed by atoms with Gasteiger partial charge in [0.2, 0.25) is 0 Å². The van der Waals surface area contributed by atoms with Crippen molar-refractivity contribution in [3.63, 3.8) is 0 Å². The molecule has 2 aliphatic rings. The topological polar surface area (TPSA) is 32.5 Å². The van der Waals surface area contributed by atoms with Gasteiger partial charge >= 0.3 is 0 Å². The van der Waals surface area contributed by atoms with E-state index in [9.17, 15) is 0 Å². The molecule has 3 nitrogen and oxygen atoms in total. The molecule has 1 aliphatic carbocycles. The summed E-state index contributed by atoms with van der Waals surface area (Å²) in [7, 11) is 0. The normalized spacial score (nSPS) is 22.7. The van der Waals surface area contributed by atoms with E-state index >= 15 is 0 Å². The lowest BCUT2D eigenvalue weighted by Gasteiger charge is -2.39. The minimum absolute atomic E-state index is 0.179. The average molecular weight is 287 g/mol. The Labute approximate surface area is 129 Å². The Morgan fingerprint density at radius 3 is 2.24 bits per heavy atom. The van der Waals surface area contributed by atoms with E-state index in [4.69, 9.17) is 5.73 Å². The van der Waals surface area contributed by atoms with Crippen molar-refractivity contribution in [1.29, 1.82) is 0 Å². The number of rotatable bonds is 4. The highest BCUT2D eigenvalue weighted by molar-refractivity contribution is 5.48. The third-order valence-corrected chi connectivity index (χ3v) is 5.28. The molecule has 1 saturated heterocycles. The Balaban J connectivity index is 1.56. The molecule has 3 rings (SSSR count). The van der Waals surface area contributed by atoms with Crippen molar-refractivity contribution in [2.75, 3.05) is 31.1 Å². The summed E-state index contributed by atoms with van der Waals surface area (Å²) in [5.41, 5.74) is 8.70. The molecule has 1 atom stereocenters. The summed E-state index contributed by atoms with van der Waals surface area (Å²) in [6.45, 7) is 6.91. The van der Waals surface area contributed by atoms with Crippen LogP contribution >= 0.6 is 0 Å². The summed E-state index contributed by atoms with van der Waals surface area (Å²) in [6.07, 6.45) is 6.71. The van der Waals surface area contributed by atoms with Gasteiger partial charge in [-0.25, -0.2) is 0 Å². The van der Waals surface area contributed by atoms with Crippen LogP contribution in [0.25, 0.3) is 0 Å². The van der Waals surface area contributed by atoms with Crippen molar-refractivity contribution in [3.05, 3.63) is 29.8 Å². The number of hydrogen-bond acceptors (Lipinski definition) is 3. The Morgan fingerprint density at radius 1 is 1.05 bits per heavy atom. The van der Waals surface area contributed by atoms with Gasteiger partial charge in [0, 0.05) is 44.0 Å². The van der Waals surface area contributed by atoms with Crippen LogP contribution < -0.4 is 10.6 Å². The van der Waals surface area contributed by atoms with E-state index in [2.05, 4.69) is 41.0 Å². The van der Waals surface area contributed by atoms with Crippen LogP contribution in [0.15, 0.2) is 24.3 Å². The quantitative estimate of drug-likeness (QED) is 0.923. The second-order valence-corrected chi connectivity index (χ2v) is 6.57. The van der Waals surface area contributed by atoms with Gasteiger partial charge < -0.3 is 10.6 Å². The molecule has 116 valence electrons. The predicted octanol–water partition coefficient (Wildman–Crippen LogP) is 3.16. The highest BCUT2D eigenvalue weighted by Gasteiger charge is 2.26. The van der Waals surface area contributed by atoms with Crippen molar-refractivity contribution in [1.82, 2.24) is 4.90 Å². The van der Waals surface area contributed by atoms with Crippen molar-refractivity contribution >= 4 is 5.69 Å². The summed E-state index contributed by atoms with van der Waals surface area (Å²) >= 11 is 0. The summed E-state index contributed by atoms with van der Waals surface area (Å²) in [6, 6.07) is 9.95. The summed E-state index contributed by atoms with van der Waals surface area (Å²) in [5, 5.41) is 0. The fourth-order valence-electron chi connectivity index (χ4n) is 3.78. The number of piperazine rings is 1. The van der Waals surface area contributed by atoms with Crippen LogP contribution in [0.2, 0.25) is 0 Å². The molecule has 1 aromatic carbocycles. The Hall–Kier alpha value is -1.06. The number of benzene rings is 1. The highest BCUT2D eigenvalue weighted by Crippen LogP contribution is 2.26. The van der Waals surface area contributed by atoms with Gasteiger partial charge in [0.05, 0.1) is 0 Å². The van der Waals surface area contributed by atoms with Crippen LogP contribution in [0.4, 0.5) is 5.69 Å². The molecule has 1 saturated carbocycles. The van der Waals surface area contributed by atoms with Crippen LogP contribution in [-0.4, -0.2) is 37.1 Å². The maximum Gasteiger partial charge on any atom is 0.0367 e. The summed E-state index contributed by atoms with van der Waals surface area (Å²) in [4.78, 5) is 5.23. The van der Waals surface area contributed by atoms with Gasteiger partial charge in [0.15, 0.2) is 0 Å². The maximum atomic E-state index is 6.09. The molecule has 2 N–H and O–H groups in total. The largest absolute Gasteiger partial charge is 0.369 e.